The Labute approximate surface area is 212 Å². The van der Waals surface area contributed by atoms with Gasteiger partial charge in [0.05, 0.1) is 30.0 Å². The van der Waals surface area contributed by atoms with Gasteiger partial charge in [-0.3, -0.25) is 4.79 Å². The van der Waals surface area contributed by atoms with Crippen molar-refractivity contribution >= 4 is 46.8 Å². The van der Waals surface area contributed by atoms with E-state index in [0.717, 1.165) is 0 Å². The summed E-state index contributed by atoms with van der Waals surface area (Å²) in [5, 5.41) is 12.8. The fourth-order valence-corrected chi connectivity index (χ4v) is 3.29. The molecule has 1 amide bonds. The molecule has 3 rings (SSSR count). The highest BCUT2D eigenvalue weighted by Crippen LogP contribution is 2.31. The third-order valence-electron chi connectivity index (χ3n) is 4.65. The van der Waals surface area contributed by atoms with E-state index in [9.17, 15) is 14.9 Å². The number of hydrogen-bond acceptors (Lipinski definition) is 6. The minimum Gasteiger partial charge on any atom is -0.497 e. The minimum absolute atomic E-state index is 0.175. The Morgan fingerprint density at radius 2 is 1.77 bits per heavy atom. The zero-order valence-electron chi connectivity index (χ0n) is 18.8. The number of rotatable bonds is 8. The molecule has 0 aromatic heterocycles. The largest absolute Gasteiger partial charge is 0.497 e. The summed E-state index contributed by atoms with van der Waals surface area (Å²) >= 11 is 12.0. The van der Waals surface area contributed by atoms with Crippen LogP contribution in [-0.4, -0.2) is 25.6 Å². The van der Waals surface area contributed by atoms with Gasteiger partial charge in [0.25, 0.3) is 5.91 Å². The number of nitrogens with zero attached hydrogens (tertiary/aromatic N) is 1. The molecule has 0 fully saturated rings. The van der Waals surface area contributed by atoms with Crippen LogP contribution in [0.2, 0.25) is 10.0 Å². The molecule has 3 aromatic carbocycles. The number of anilines is 1. The second kappa shape index (κ2) is 11.9. The Morgan fingerprint density at radius 1 is 1.03 bits per heavy atom. The van der Waals surface area contributed by atoms with Gasteiger partial charge < -0.3 is 19.5 Å². The molecule has 0 saturated heterocycles. The van der Waals surface area contributed by atoms with Crippen molar-refractivity contribution in [3.63, 3.8) is 0 Å². The normalized spacial score (nSPS) is 10.8. The van der Waals surface area contributed by atoms with E-state index in [-0.39, 0.29) is 27.8 Å². The first-order chi connectivity index (χ1) is 16.8. The van der Waals surface area contributed by atoms with Gasteiger partial charge in [-0.15, -0.1) is 0 Å². The maximum Gasteiger partial charge on any atom is 0.343 e. The van der Waals surface area contributed by atoms with Gasteiger partial charge in [0, 0.05) is 5.02 Å². The number of methoxy groups -OCH3 is 1. The molecule has 0 aliphatic rings. The molecular formula is C26H20Cl2N2O5. The summed E-state index contributed by atoms with van der Waals surface area (Å²) in [6.07, 6.45) is 1.38. The molecule has 0 atom stereocenters. The van der Waals surface area contributed by atoms with Gasteiger partial charge in [0.15, 0.2) is 11.5 Å². The van der Waals surface area contributed by atoms with Crippen LogP contribution in [0, 0.1) is 11.3 Å². The van der Waals surface area contributed by atoms with Crippen molar-refractivity contribution in [3.8, 4) is 23.3 Å². The van der Waals surface area contributed by atoms with Crippen molar-refractivity contribution in [2.75, 3.05) is 19.0 Å². The van der Waals surface area contributed by atoms with Crippen LogP contribution in [0.25, 0.3) is 6.08 Å². The summed E-state index contributed by atoms with van der Waals surface area (Å²) in [5.74, 6) is -0.156. The van der Waals surface area contributed by atoms with Gasteiger partial charge in [-0.25, -0.2) is 4.79 Å². The van der Waals surface area contributed by atoms with Crippen LogP contribution in [-0.2, 0) is 4.79 Å². The average molecular weight is 511 g/mol. The molecule has 0 aliphatic carbocycles. The molecule has 178 valence electrons. The second-order valence-corrected chi connectivity index (χ2v) is 7.85. The van der Waals surface area contributed by atoms with E-state index in [1.165, 1.54) is 31.4 Å². The number of esters is 1. The van der Waals surface area contributed by atoms with Crippen LogP contribution < -0.4 is 19.5 Å². The number of carbonyl (C=O) groups excluding carboxylic acids is 2. The highest BCUT2D eigenvalue weighted by Gasteiger charge is 2.15. The van der Waals surface area contributed by atoms with Crippen LogP contribution in [0.1, 0.15) is 22.8 Å². The Morgan fingerprint density at radius 3 is 2.43 bits per heavy atom. The highest BCUT2D eigenvalue weighted by atomic mass is 35.5. The second-order valence-electron chi connectivity index (χ2n) is 7.01. The van der Waals surface area contributed by atoms with Crippen LogP contribution >= 0.6 is 23.2 Å². The molecule has 0 aliphatic heterocycles. The number of carbonyl (C=O) groups is 2. The summed E-state index contributed by atoms with van der Waals surface area (Å²) in [7, 11) is 1.53. The van der Waals surface area contributed by atoms with Crippen molar-refractivity contribution in [1.82, 2.24) is 0 Å². The number of hydrogen-bond donors (Lipinski definition) is 1. The Bertz CT molecular complexity index is 1310. The van der Waals surface area contributed by atoms with Crippen molar-refractivity contribution < 1.29 is 23.8 Å². The number of nitriles is 1. The maximum absolute atomic E-state index is 12.6. The standard InChI is InChI=1S/C26H20Cl2N2O5/c1-3-34-24-13-16(4-11-23(24)35-26(32)17-5-8-20(33-2)9-6-17)12-18(15-29)25(31)30-22-14-19(27)7-10-21(22)28/h4-14H,3H2,1-2H3,(H,30,31)/b18-12+. The molecule has 0 radical (unpaired) electrons. The number of amides is 1. The van der Waals surface area contributed by atoms with Gasteiger partial charge in [-0.1, -0.05) is 29.3 Å². The number of nitrogens with one attached hydrogen (secondary N) is 1. The lowest BCUT2D eigenvalue weighted by atomic mass is 10.1. The van der Waals surface area contributed by atoms with E-state index >= 15 is 0 Å². The number of benzene rings is 3. The van der Waals surface area contributed by atoms with Gasteiger partial charge in [-0.2, -0.15) is 5.26 Å². The van der Waals surface area contributed by atoms with Gasteiger partial charge in [0.1, 0.15) is 17.4 Å². The zero-order chi connectivity index (χ0) is 25.4. The first-order valence-corrected chi connectivity index (χ1v) is 11.1. The molecule has 0 saturated carbocycles. The fourth-order valence-electron chi connectivity index (χ4n) is 2.95. The van der Waals surface area contributed by atoms with E-state index in [4.69, 9.17) is 37.4 Å². The lowest BCUT2D eigenvalue weighted by Crippen LogP contribution is -2.13. The minimum atomic E-state index is -0.662. The smallest absolute Gasteiger partial charge is 0.343 e. The predicted octanol–water partition coefficient (Wildman–Crippen LogP) is 6.17. The molecule has 0 spiro atoms. The molecule has 0 heterocycles. The molecule has 0 unspecified atom stereocenters. The van der Waals surface area contributed by atoms with Gasteiger partial charge in [0.2, 0.25) is 0 Å². The van der Waals surface area contributed by atoms with E-state index in [1.54, 1.807) is 49.4 Å². The molecular weight excluding hydrogens is 491 g/mol. The van der Waals surface area contributed by atoms with Gasteiger partial charge >= 0.3 is 5.97 Å². The molecule has 7 nitrogen and oxygen atoms in total. The zero-order valence-corrected chi connectivity index (χ0v) is 20.3. The lowest BCUT2D eigenvalue weighted by Gasteiger charge is -2.12. The van der Waals surface area contributed by atoms with E-state index < -0.39 is 11.9 Å². The summed E-state index contributed by atoms with van der Waals surface area (Å²) < 4.78 is 16.2. The van der Waals surface area contributed by atoms with E-state index in [2.05, 4.69) is 5.32 Å². The third-order valence-corrected chi connectivity index (χ3v) is 5.21. The topological polar surface area (TPSA) is 97.6 Å². The Kier molecular flexibility index (Phi) is 8.74. The Hall–Kier alpha value is -3.99. The quantitative estimate of drug-likeness (QED) is 0.168. The van der Waals surface area contributed by atoms with Gasteiger partial charge in [-0.05, 0) is 73.2 Å². The Balaban J connectivity index is 1.83. The molecule has 3 aromatic rings. The predicted molar refractivity (Wildman–Crippen MR) is 134 cm³/mol. The molecule has 1 N–H and O–H groups in total. The molecule has 9 heteroatoms. The molecule has 35 heavy (non-hydrogen) atoms. The van der Waals surface area contributed by atoms with Crippen molar-refractivity contribution in [3.05, 3.63) is 87.4 Å². The SMILES string of the molecule is CCOc1cc(/C=C(\C#N)C(=O)Nc2cc(Cl)ccc2Cl)ccc1OC(=O)c1ccc(OC)cc1. The van der Waals surface area contributed by atoms with Crippen molar-refractivity contribution in [1.29, 1.82) is 5.26 Å². The monoisotopic (exact) mass is 510 g/mol. The summed E-state index contributed by atoms with van der Waals surface area (Å²) in [5.41, 5.74) is 0.925. The number of halogens is 2. The fraction of sp³-hybridized carbons (Fsp3) is 0.115. The number of ether oxygens (including phenoxy) is 3. The summed E-state index contributed by atoms with van der Waals surface area (Å²) in [6.45, 7) is 2.08. The van der Waals surface area contributed by atoms with E-state index in [1.807, 2.05) is 6.07 Å². The van der Waals surface area contributed by atoms with Crippen LogP contribution in [0.5, 0.6) is 17.2 Å². The lowest BCUT2D eigenvalue weighted by molar-refractivity contribution is -0.112. The summed E-state index contributed by atoms with van der Waals surface area (Å²) in [6, 6.07) is 17.6. The van der Waals surface area contributed by atoms with Crippen LogP contribution in [0.15, 0.2) is 66.2 Å². The maximum atomic E-state index is 12.6. The first-order valence-electron chi connectivity index (χ1n) is 10.4. The van der Waals surface area contributed by atoms with Crippen molar-refractivity contribution in [2.45, 2.75) is 6.92 Å². The third kappa shape index (κ3) is 6.76. The highest BCUT2D eigenvalue weighted by molar-refractivity contribution is 6.36. The first kappa shape index (κ1) is 25.6. The average Bonchev–Trinajstić information content (AvgIpc) is 2.86. The van der Waals surface area contributed by atoms with Crippen LogP contribution in [0.3, 0.4) is 0 Å². The van der Waals surface area contributed by atoms with Crippen molar-refractivity contribution in [2.24, 2.45) is 0 Å². The van der Waals surface area contributed by atoms with Crippen LogP contribution in [0.4, 0.5) is 5.69 Å². The summed E-state index contributed by atoms with van der Waals surface area (Å²) in [4.78, 5) is 25.2. The molecule has 0 bridgehead atoms. The van der Waals surface area contributed by atoms with E-state index in [0.29, 0.717) is 28.5 Å².